The van der Waals surface area contributed by atoms with Gasteiger partial charge in [0, 0.05) is 38.8 Å². The van der Waals surface area contributed by atoms with Crippen molar-refractivity contribution in [2.24, 2.45) is 5.73 Å². The normalized spacial score (nSPS) is 29.4. The molecule has 5 nitrogen and oxygen atoms in total. The predicted octanol–water partition coefficient (Wildman–Crippen LogP) is -0.770. The molecule has 0 aromatic carbocycles. The van der Waals surface area contributed by atoms with Gasteiger partial charge < -0.3 is 11.1 Å². The fourth-order valence-corrected chi connectivity index (χ4v) is 3.00. The van der Waals surface area contributed by atoms with Crippen molar-refractivity contribution < 1.29 is 4.79 Å². The van der Waals surface area contributed by atoms with E-state index in [9.17, 15) is 4.79 Å². The molecular formula is C12H24N4O. The standard InChI is InChI=1S/C12H24N4O/c1-2-11(12(13)17)16-7-5-15(6-8-16)10-3-4-14-9-10/h10-11,14H,2-9H2,1H3,(H2,13,17). The van der Waals surface area contributed by atoms with Gasteiger partial charge in [-0.3, -0.25) is 14.6 Å². The number of nitrogens with zero attached hydrogens (tertiary/aromatic N) is 2. The van der Waals surface area contributed by atoms with Crippen LogP contribution in [0.3, 0.4) is 0 Å². The molecule has 98 valence electrons. The number of nitrogens with two attached hydrogens (primary N) is 1. The van der Waals surface area contributed by atoms with Crippen molar-refractivity contribution in [3.05, 3.63) is 0 Å². The van der Waals surface area contributed by atoms with Crippen molar-refractivity contribution in [2.45, 2.75) is 31.8 Å². The molecule has 2 aliphatic heterocycles. The zero-order valence-electron chi connectivity index (χ0n) is 10.7. The Labute approximate surface area is 103 Å². The lowest BCUT2D eigenvalue weighted by molar-refractivity contribution is -0.124. The summed E-state index contributed by atoms with van der Waals surface area (Å²) in [5.41, 5.74) is 5.43. The van der Waals surface area contributed by atoms with E-state index in [2.05, 4.69) is 15.1 Å². The Morgan fingerprint density at radius 3 is 2.59 bits per heavy atom. The molecule has 1 amide bonds. The average molecular weight is 240 g/mol. The summed E-state index contributed by atoms with van der Waals surface area (Å²) in [6, 6.07) is 0.629. The minimum absolute atomic E-state index is 0.0705. The first-order chi connectivity index (χ1) is 8.22. The lowest BCUT2D eigenvalue weighted by Gasteiger charge is -2.40. The second kappa shape index (κ2) is 5.80. The molecule has 0 aliphatic carbocycles. The lowest BCUT2D eigenvalue weighted by atomic mass is 10.1. The van der Waals surface area contributed by atoms with Gasteiger partial charge in [0.15, 0.2) is 0 Å². The van der Waals surface area contributed by atoms with E-state index in [0.717, 1.165) is 45.7 Å². The zero-order chi connectivity index (χ0) is 12.3. The van der Waals surface area contributed by atoms with Gasteiger partial charge in [0.25, 0.3) is 0 Å². The van der Waals surface area contributed by atoms with E-state index in [1.165, 1.54) is 6.42 Å². The average Bonchev–Trinajstić information content (AvgIpc) is 2.84. The molecular weight excluding hydrogens is 216 g/mol. The van der Waals surface area contributed by atoms with Crippen molar-refractivity contribution in [3.63, 3.8) is 0 Å². The van der Waals surface area contributed by atoms with Crippen molar-refractivity contribution >= 4 is 5.91 Å². The Kier molecular flexibility index (Phi) is 4.36. The quantitative estimate of drug-likeness (QED) is 0.677. The summed E-state index contributed by atoms with van der Waals surface area (Å²) < 4.78 is 0. The van der Waals surface area contributed by atoms with Crippen LogP contribution in [0, 0.1) is 0 Å². The largest absolute Gasteiger partial charge is 0.368 e. The highest BCUT2D eigenvalue weighted by atomic mass is 16.1. The van der Waals surface area contributed by atoms with E-state index >= 15 is 0 Å². The van der Waals surface area contributed by atoms with Crippen LogP contribution < -0.4 is 11.1 Å². The van der Waals surface area contributed by atoms with Gasteiger partial charge in [-0.1, -0.05) is 6.92 Å². The number of rotatable bonds is 4. The van der Waals surface area contributed by atoms with Crippen molar-refractivity contribution in [1.29, 1.82) is 0 Å². The monoisotopic (exact) mass is 240 g/mol. The number of amides is 1. The highest BCUT2D eigenvalue weighted by Gasteiger charge is 2.29. The molecule has 0 radical (unpaired) electrons. The first kappa shape index (κ1) is 12.8. The number of hydrogen-bond acceptors (Lipinski definition) is 4. The van der Waals surface area contributed by atoms with Crippen LogP contribution in [0.2, 0.25) is 0 Å². The highest BCUT2D eigenvalue weighted by molar-refractivity contribution is 5.79. The Balaban J connectivity index is 1.82. The third kappa shape index (κ3) is 2.97. The molecule has 2 fully saturated rings. The predicted molar refractivity (Wildman–Crippen MR) is 67.7 cm³/mol. The lowest BCUT2D eigenvalue weighted by Crippen LogP contribution is -2.56. The second-order valence-corrected chi connectivity index (χ2v) is 5.04. The summed E-state index contributed by atoms with van der Waals surface area (Å²) in [4.78, 5) is 16.1. The number of hydrogen-bond donors (Lipinski definition) is 2. The minimum Gasteiger partial charge on any atom is -0.368 e. The van der Waals surface area contributed by atoms with Crippen molar-refractivity contribution in [2.75, 3.05) is 39.3 Å². The van der Waals surface area contributed by atoms with Gasteiger partial charge in [-0.15, -0.1) is 0 Å². The third-order valence-corrected chi connectivity index (χ3v) is 4.06. The number of primary amides is 1. The van der Waals surface area contributed by atoms with E-state index in [1.807, 2.05) is 6.92 Å². The van der Waals surface area contributed by atoms with E-state index in [4.69, 9.17) is 5.73 Å². The topological polar surface area (TPSA) is 61.6 Å². The van der Waals surface area contributed by atoms with Crippen LogP contribution in [0.15, 0.2) is 0 Å². The van der Waals surface area contributed by atoms with Crippen LogP contribution in [-0.4, -0.2) is 67.1 Å². The summed E-state index contributed by atoms with van der Waals surface area (Å²) in [5.74, 6) is -0.177. The zero-order valence-corrected chi connectivity index (χ0v) is 10.7. The summed E-state index contributed by atoms with van der Waals surface area (Å²) in [7, 11) is 0. The Morgan fingerprint density at radius 1 is 1.41 bits per heavy atom. The number of carbonyl (C=O) groups is 1. The maximum atomic E-state index is 11.3. The third-order valence-electron chi connectivity index (χ3n) is 4.06. The molecule has 2 aliphatic rings. The molecule has 0 saturated carbocycles. The van der Waals surface area contributed by atoms with Crippen LogP contribution in [0.25, 0.3) is 0 Å². The maximum Gasteiger partial charge on any atom is 0.234 e. The summed E-state index contributed by atoms with van der Waals surface area (Å²) in [5, 5.41) is 3.40. The first-order valence-electron chi connectivity index (χ1n) is 6.70. The molecule has 0 bridgehead atoms. The van der Waals surface area contributed by atoms with Gasteiger partial charge in [0.1, 0.15) is 0 Å². The molecule has 2 saturated heterocycles. The Hall–Kier alpha value is -0.650. The van der Waals surface area contributed by atoms with Gasteiger partial charge in [0.2, 0.25) is 5.91 Å². The number of piperazine rings is 1. The molecule has 0 aromatic rings. The maximum absolute atomic E-state index is 11.3. The SMILES string of the molecule is CCC(C(N)=O)N1CCN(C2CCNC2)CC1. The fourth-order valence-electron chi connectivity index (χ4n) is 3.00. The second-order valence-electron chi connectivity index (χ2n) is 5.04. The molecule has 2 rings (SSSR count). The Bertz CT molecular complexity index is 257. The molecule has 0 aromatic heterocycles. The van der Waals surface area contributed by atoms with Gasteiger partial charge in [-0.2, -0.15) is 0 Å². The molecule has 2 unspecified atom stereocenters. The van der Waals surface area contributed by atoms with Crippen LogP contribution in [0.4, 0.5) is 0 Å². The molecule has 3 N–H and O–H groups in total. The van der Waals surface area contributed by atoms with Crippen LogP contribution >= 0.6 is 0 Å². The first-order valence-corrected chi connectivity index (χ1v) is 6.70. The van der Waals surface area contributed by atoms with E-state index in [-0.39, 0.29) is 11.9 Å². The number of carbonyl (C=O) groups excluding carboxylic acids is 1. The van der Waals surface area contributed by atoms with Gasteiger partial charge in [-0.05, 0) is 19.4 Å². The van der Waals surface area contributed by atoms with E-state index in [0.29, 0.717) is 6.04 Å². The Morgan fingerprint density at radius 2 is 2.12 bits per heavy atom. The number of nitrogens with one attached hydrogen (secondary N) is 1. The van der Waals surface area contributed by atoms with E-state index < -0.39 is 0 Å². The molecule has 5 heteroatoms. The fraction of sp³-hybridized carbons (Fsp3) is 0.917. The molecule has 2 atom stereocenters. The molecule has 0 spiro atoms. The van der Waals surface area contributed by atoms with Crippen molar-refractivity contribution in [1.82, 2.24) is 15.1 Å². The molecule has 2 heterocycles. The summed E-state index contributed by atoms with van der Waals surface area (Å²) in [6.45, 7) is 8.36. The smallest absolute Gasteiger partial charge is 0.234 e. The van der Waals surface area contributed by atoms with E-state index in [1.54, 1.807) is 0 Å². The van der Waals surface area contributed by atoms with Gasteiger partial charge in [-0.25, -0.2) is 0 Å². The van der Waals surface area contributed by atoms with Crippen LogP contribution in [0.5, 0.6) is 0 Å². The van der Waals surface area contributed by atoms with Gasteiger partial charge >= 0.3 is 0 Å². The van der Waals surface area contributed by atoms with Crippen LogP contribution in [-0.2, 0) is 4.79 Å². The minimum atomic E-state index is -0.177. The van der Waals surface area contributed by atoms with Gasteiger partial charge in [0.05, 0.1) is 6.04 Å². The van der Waals surface area contributed by atoms with Crippen molar-refractivity contribution in [3.8, 4) is 0 Å². The highest BCUT2D eigenvalue weighted by Crippen LogP contribution is 2.14. The summed E-state index contributed by atoms with van der Waals surface area (Å²) >= 11 is 0. The van der Waals surface area contributed by atoms with Crippen LogP contribution in [0.1, 0.15) is 19.8 Å². The molecule has 17 heavy (non-hydrogen) atoms. The summed E-state index contributed by atoms with van der Waals surface area (Å²) in [6.07, 6.45) is 2.08.